The molecule has 4 nitrogen and oxygen atoms in total. The second-order valence-electron chi connectivity index (χ2n) is 3.22. The van der Waals surface area contributed by atoms with Gasteiger partial charge in [-0.2, -0.15) is 0 Å². The van der Waals surface area contributed by atoms with Crippen LogP contribution < -0.4 is 15.4 Å². The van der Waals surface area contributed by atoms with Gasteiger partial charge in [0.2, 0.25) is 0 Å². The Morgan fingerprint density at radius 2 is 2.18 bits per heavy atom. The summed E-state index contributed by atoms with van der Waals surface area (Å²) in [5.74, 6) is -0.231. The summed E-state index contributed by atoms with van der Waals surface area (Å²) in [5, 5.41) is 6.21. The number of thiocarbonyl (C=S) groups is 1. The average Bonchev–Trinajstić information content (AvgIpc) is 2.29. The second-order valence-corrected chi connectivity index (χ2v) is 3.63. The number of rotatable bonds is 5. The fourth-order valence-corrected chi connectivity index (χ4v) is 1.41. The molecule has 0 fully saturated rings. The molecule has 0 aliphatic carbocycles. The monoisotopic (exact) mass is 258 g/mol. The topological polar surface area (TPSA) is 42.5 Å². The van der Waals surface area contributed by atoms with E-state index in [4.69, 9.17) is 21.7 Å². The molecular formula is C11H15FN2O2S. The Labute approximate surface area is 105 Å². The average molecular weight is 258 g/mol. The Balaban J connectivity index is 2.51. The van der Waals surface area contributed by atoms with Crippen LogP contribution in [0.3, 0.4) is 0 Å². The summed E-state index contributed by atoms with van der Waals surface area (Å²) in [4.78, 5) is 0. The van der Waals surface area contributed by atoms with Crippen LogP contribution in [0, 0.1) is 5.82 Å². The summed E-state index contributed by atoms with van der Waals surface area (Å²) in [5.41, 5.74) is 0.568. The molecule has 0 saturated carbocycles. The highest BCUT2D eigenvalue weighted by Crippen LogP contribution is 2.20. The van der Waals surface area contributed by atoms with Gasteiger partial charge in [-0.05, 0) is 24.4 Å². The van der Waals surface area contributed by atoms with E-state index in [9.17, 15) is 4.39 Å². The van der Waals surface area contributed by atoms with Crippen molar-refractivity contribution in [3.63, 3.8) is 0 Å². The predicted molar refractivity (Wildman–Crippen MR) is 69.1 cm³/mol. The van der Waals surface area contributed by atoms with E-state index in [2.05, 4.69) is 10.6 Å². The second kappa shape index (κ2) is 7.03. The van der Waals surface area contributed by atoms with E-state index in [0.717, 1.165) is 0 Å². The van der Waals surface area contributed by atoms with Crippen molar-refractivity contribution in [2.45, 2.75) is 0 Å². The van der Waals surface area contributed by atoms with E-state index >= 15 is 0 Å². The minimum atomic E-state index is -0.433. The highest BCUT2D eigenvalue weighted by Gasteiger charge is 2.04. The number of benzene rings is 1. The molecule has 0 spiro atoms. The number of halogens is 1. The van der Waals surface area contributed by atoms with Crippen molar-refractivity contribution < 1.29 is 13.9 Å². The van der Waals surface area contributed by atoms with Crippen molar-refractivity contribution in [3.8, 4) is 5.75 Å². The van der Waals surface area contributed by atoms with Gasteiger partial charge >= 0.3 is 0 Å². The number of ether oxygens (including phenoxy) is 2. The lowest BCUT2D eigenvalue weighted by molar-refractivity contribution is 0.204. The van der Waals surface area contributed by atoms with Crippen LogP contribution >= 0.6 is 12.2 Å². The van der Waals surface area contributed by atoms with Crippen molar-refractivity contribution in [3.05, 3.63) is 24.0 Å². The van der Waals surface area contributed by atoms with Gasteiger partial charge in [0, 0.05) is 25.4 Å². The van der Waals surface area contributed by atoms with E-state index in [-0.39, 0.29) is 5.75 Å². The molecule has 0 saturated heterocycles. The first-order valence-electron chi connectivity index (χ1n) is 5.04. The Bertz CT molecular complexity index is 388. The molecule has 0 unspecified atom stereocenters. The zero-order valence-corrected chi connectivity index (χ0v) is 10.6. The van der Waals surface area contributed by atoms with Crippen LogP contribution in [0.1, 0.15) is 0 Å². The number of methoxy groups -OCH3 is 2. The molecule has 0 aliphatic rings. The molecule has 1 rings (SSSR count). The quantitative estimate of drug-likeness (QED) is 0.622. The van der Waals surface area contributed by atoms with E-state index in [1.807, 2.05) is 0 Å². The molecule has 0 aliphatic heterocycles. The van der Waals surface area contributed by atoms with Crippen molar-refractivity contribution in [2.24, 2.45) is 0 Å². The molecule has 0 bridgehead atoms. The Kier molecular flexibility index (Phi) is 5.65. The van der Waals surface area contributed by atoms with Gasteiger partial charge in [0.1, 0.15) is 0 Å². The van der Waals surface area contributed by atoms with Gasteiger partial charge in [0.15, 0.2) is 16.7 Å². The summed E-state index contributed by atoms with van der Waals surface area (Å²) >= 11 is 5.02. The summed E-state index contributed by atoms with van der Waals surface area (Å²) < 4.78 is 23.0. The zero-order valence-electron chi connectivity index (χ0n) is 9.75. The maximum atomic E-state index is 13.4. The Morgan fingerprint density at radius 3 is 2.76 bits per heavy atom. The van der Waals surface area contributed by atoms with Crippen molar-refractivity contribution in [1.29, 1.82) is 0 Å². The van der Waals surface area contributed by atoms with Gasteiger partial charge in [-0.15, -0.1) is 0 Å². The minimum absolute atomic E-state index is 0.203. The molecule has 1 aromatic rings. The SMILES string of the molecule is COCCNC(=S)Nc1ccc(OC)c(F)c1. The van der Waals surface area contributed by atoms with Crippen molar-refractivity contribution >= 4 is 23.0 Å². The third-order valence-electron chi connectivity index (χ3n) is 2.00. The van der Waals surface area contributed by atoms with Gasteiger partial charge in [-0.1, -0.05) is 0 Å². The minimum Gasteiger partial charge on any atom is -0.494 e. The van der Waals surface area contributed by atoms with Crippen LogP contribution in [-0.2, 0) is 4.74 Å². The first kappa shape index (κ1) is 13.7. The van der Waals surface area contributed by atoms with Crippen LogP contribution in [0.15, 0.2) is 18.2 Å². The summed E-state index contributed by atoms with van der Waals surface area (Å²) in [6, 6.07) is 4.55. The van der Waals surface area contributed by atoms with E-state index in [1.165, 1.54) is 19.2 Å². The predicted octanol–water partition coefficient (Wildman–Crippen LogP) is 1.77. The van der Waals surface area contributed by atoms with Crippen LogP contribution in [0.5, 0.6) is 5.75 Å². The lowest BCUT2D eigenvalue weighted by Gasteiger charge is -2.10. The van der Waals surface area contributed by atoms with Crippen molar-refractivity contribution in [2.75, 3.05) is 32.7 Å². The first-order chi connectivity index (χ1) is 8.17. The van der Waals surface area contributed by atoms with E-state index in [0.29, 0.717) is 24.0 Å². The van der Waals surface area contributed by atoms with Crippen LogP contribution in [-0.4, -0.2) is 32.5 Å². The molecule has 94 valence electrons. The fraction of sp³-hybridized carbons (Fsp3) is 0.364. The first-order valence-corrected chi connectivity index (χ1v) is 5.45. The molecule has 0 aromatic heterocycles. The smallest absolute Gasteiger partial charge is 0.170 e. The Morgan fingerprint density at radius 1 is 1.41 bits per heavy atom. The molecular weight excluding hydrogens is 243 g/mol. The van der Waals surface area contributed by atoms with E-state index < -0.39 is 5.82 Å². The lowest BCUT2D eigenvalue weighted by atomic mass is 10.3. The largest absolute Gasteiger partial charge is 0.494 e. The highest BCUT2D eigenvalue weighted by molar-refractivity contribution is 7.80. The van der Waals surface area contributed by atoms with Crippen LogP contribution in [0.25, 0.3) is 0 Å². The van der Waals surface area contributed by atoms with Crippen LogP contribution in [0.2, 0.25) is 0 Å². The molecule has 17 heavy (non-hydrogen) atoms. The number of hydrogen-bond donors (Lipinski definition) is 2. The third-order valence-corrected chi connectivity index (χ3v) is 2.25. The van der Waals surface area contributed by atoms with Gasteiger partial charge in [0.05, 0.1) is 13.7 Å². The molecule has 1 aromatic carbocycles. The fourth-order valence-electron chi connectivity index (χ4n) is 1.19. The summed E-state index contributed by atoms with van der Waals surface area (Å²) in [6.07, 6.45) is 0. The highest BCUT2D eigenvalue weighted by atomic mass is 32.1. The zero-order chi connectivity index (χ0) is 12.7. The van der Waals surface area contributed by atoms with E-state index in [1.54, 1.807) is 13.2 Å². The maximum Gasteiger partial charge on any atom is 0.170 e. The maximum absolute atomic E-state index is 13.4. The molecule has 6 heteroatoms. The molecule has 0 atom stereocenters. The normalized spacial score (nSPS) is 9.82. The summed E-state index contributed by atoms with van der Waals surface area (Å²) in [7, 11) is 3.03. The van der Waals surface area contributed by atoms with Gasteiger partial charge in [-0.25, -0.2) is 4.39 Å². The van der Waals surface area contributed by atoms with Gasteiger partial charge in [0.25, 0.3) is 0 Å². The van der Waals surface area contributed by atoms with Crippen molar-refractivity contribution in [1.82, 2.24) is 5.32 Å². The third kappa shape index (κ3) is 4.54. The summed E-state index contributed by atoms with van der Waals surface area (Å²) in [6.45, 7) is 1.15. The molecule has 2 N–H and O–H groups in total. The Hall–Kier alpha value is -1.40. The van der Waals surface area contributed by atoms with Gasteiger partial charge in [-0.3, -0.25) is 0 Å². The van der Waals surface area contributed by atoms with Crippen LogP contribution in [0.4, 0.5) is 10.1 Å². The number of nitrogens with one attached hydrogen (secondary N) is 2. The number of anilines is 1. The standard InChI is InChI=1S/C11H15FN2O2S/c1-15-6-5-13-11(17)14-8-3-4-10(16-2)9(12)7-8/h3-4,7H,5-6H2,1-2H3,(H2,13,14,17). The molecule has 0 amide bonds. The lowest BCUT2D eigenvalue weighted by Crippen LogP contribution is -2.31. The molecule has 0 radical (unpaired) electrons. The number of hydrogen-bond acceptors (Lipinski definition) is 3. The molecule has 0 heterocycles. The van der Waals surface area contributed by atoms with Gasteiger partial charge < -0.3 is 20.1 Å².